The molecule has 0 spiro atoms. The second kappa shape index (κ2) is 6.30. The summed E-state index contributed by atoms with van der Waals surface area (Å²) in [6, 6.07) is 5.88. The van der Waals surface area contributed by atoms with E-state index in [0.29, 0.717) is 6.42 Å². The molecule has 1 saturated heterocycles. The Morgan fingerprint density at radius 3 is 2.52 bits per heavy atom. The molecule has 2 rings (SSSR count). The second-order valence-corrected chi connectivity index (χ2v) is 6.41. The number of Topliss-reactive ketones (excluding diaryl/α,β-unsaturated/α-hetero) is 1. The van der Waals surface area contributed by atoms with Crippen molar-refractivity contribution in [3.63, 3.8) is 0 Å². The Labute approximate surface area is 121 Å². The van der Waals surface area contributed by atoms with Crippen LogP contribution in [0.4, 0.5) is 5.69 Å². The van der Waals surface area contributed by atoms with Gasteiger partial charge in [-0.05, 0) is 25.5 Å². The molecule has 0 unspecified atom stereocenters. The zero-order valence-corrected chi connectivity index (χ0v) is 12.2. The molecule has 1 heterocycles. The lowest BCUT2D eigenvalue weighted by molar-refractivity contribution is -0.385. The van der Waals surface area contributed by atoms with Gasteiger partial charge in [0.25, 0.3) is 5.69 Å². The molecule has 7 nitrogen and oxygen atoms in total. The van der Waals surface area contributed by atoms with E-state index in [0.717, 1.165) is 0 Å². The predicted molar refractivity (Wildman–Crippen MR) is 75.9 cm³/mol. The molecule has 112 valence electrons. The molecular weight excluding hydrogens is 297 g/mol. The van der Waals surface area contributed by atoms with Gasteiger partial charge in [0.05, 0.1) is 23.7 Å². The van der Waals surface area contributed by atoms with Crippen LogP contribution in [0.2, 0.25) is 0 Å². The largest absolute Gasteiger partial charge is 0.364 e. The minimum atomic E-state index is -3.71. The first-order valence-corrected chi connectivity index (χ1v) is 7.84. The van der Waals surface area contributed by atoms with Gasteiger partial charge in [-0.15, -0.1) is 0 Å². The number of hydrogen-bond acceptors (Lipinski definition) is 6. The summed E-state index contributed by atoms with van der Waals surface area (Å²) in [4.78, 5) is 22.2. The van der Waals surface area contributed by atoms with Gasteiger partial charge < -0.3 is 9.05 Å². The first-order chi connectivity index (χ1) is 9.94. The van der Waals surface area contributed by atoms with Gasteiger partial charge in [0.2, 0.25) is 0 Å². The molecule has 1 aliphatic rings. The molecule has 1 aromatic rings. The minimum Gasteiger partial charge on any atom is -0.305 e. The van der Waals surface area contributed by atoms with E-state index in [1.165, 1.54) is 31.2 Å². The molecule has 0 amide bonds. The SMILES string of the molecule is CC(=O)/C(=C/c1ccccc1[N+](=O)[O-])P1(=O)OCCCO1. The van der Waals surface area contributed by atoms with E-state index < -0.39 is 18.3 Å². The Morgan fingerprint density at radius 2 is 1.95 bits per heavy atom. The van der Waals surface area contributed by atoms with E-state index in [4.69, 9.17) is 9.05 Å². The van der Waals surface area contributed by atoms with Crippen LogP contribution >= 0.6 is 7.60 Å². The molecule has 0 atom stereocenters. The molecule has 1 aromatic carbocycles. The number of ketones is 1. The zero-order chi connectivity index (χ0) is 15.5. The fourth-order valence-corrected chi connectivity index (χ4v) is 3.68. The molecule has 0 aromatic heterocycles. The lowest BCUT2D eigenvalue weighted by Crippen LogP contribution is -2.12. The maximum atomic E-state index is 12.6. The van der Waals surface area contributed by atoms with Gasteiger partial charge in [0.1, 0.15) is 5.31 Å². The fraction of sp³-hybridized carbons (Fsp3) is 0.308. The smallest absolute Gasteiger partial charge is 0.305 e. The van der Waals surface area contributed by atoms with Crippen molar-refractivity contribution in [2.24, 2.45) is 0 Å². The van der Waals surface area contributed by atoms with Gasteiger partial charge in [-0.1, -0.05) is 12.1 Å². The fourth-order valence-electron chi connectivity index (χ4n) is 1.90. The highest BCUT2D eigenvalue weighted by Crippen LogP contribution is 2.58. The molecular formula is C13H14NO6P. The normalized spacial score (nSPS) is 18.2. The van der Waals surface area contributed by atoms with E-state index in [1.807, 2.05) is 0 Å². The third-order valence-electron chi connectivity index (χ3n) is 2.89. The second-order valence-electron chi connectivity index (χ2n) is 4.42. The topological polar surface area (TPSA) is 95.7 Å². The summed E-state index contributed by atoms with van der Waals surface area (Å²) in [5.74, 6) is -0.501. The van der Waals surface area contributed by atoms with E-state index >= 15 is 0 Å². The molecule has 1 aliphatic heterocycles. The van der Waals surface area contributed by atoms with Crippen LogP contribution in [-0.4, -0.2) is 23.9 Å². The van der Waals surface area contributed by atoms with Gasteiger partial charge in [-0.2, -0.15) is 0 Å². The average molecular weight is 311 g/mol. The molecule has 8 heteroatoms. The lowest BCUT2D eigenvalue weighted by atomic mass is 10.1. The zero-order valence-electron chi connectivity index (χ0n) is 11.4. The molecule has 0 saturated carbocycles. The monoisotopic (exact) mass is 311 g/mol. The number of nitro benzene ring substituents is 1. The van der Waals surface area contributed by atoms with Gasteiger partial charge >= 0.3 is 7.60 Å². The summed E-state index contributed by atoms with van der Waals surface area (Å²) in [5.41, 5.74) is 0.000517. The Bertz CT molecular complexity index is 644. The maximum Gasteiger partial charge on any atom is 0.364 e. The van der Waals surface area contributed by atoms with E-state index in [-0.39, 0.29) is 29.8 Å². The summed E-state index contributed by atoms with van der Waals surface area (Å²) in [6.45, 7) is 1.67. The van der Waals surface area contributed by atoms with Crippen molar-refractivity contribution >= 4 is 25.1 Å². The number of nitro groups is 1. The van der Waals surface area contributed by atoms with E-state index in [1.54, 1.807) is 6.07 Å². The van der Waals surface area contributed by atoms with Crippen LogP contribution < -0.4 is 0 Å². The van der Waals surface area contributed by atoms with Crippen LogP contribution in [0.15, 0.2) is 29.6 Å². The molecule has 21 heavy (non-hydrogen) atoms. The van der Waals surface area contributed by atoms with E-state index in [9.17, 15) is 19.5 Å². The third-order valence-corrected chi connectivity index (χ3v) is 4.97. The van der Waals surface area contributed by atoms with Crippen molar-refractivity contribution in [2.45, 2.75) is 13.3 Å². The Morgan fingerprint density at radius 1 is 1.33 bits per heavy atom. The van der Waals surface area contributed by atoms with Crippen molar-refractivity contribution < 1.29 is 23.3 Å². The van der Waals surface area contributed by atoms with Crippen molar-refractivity contribution in [3.05, 3.63) is 45.3 Å². The number of rotatable bonds is 4. The van der Waals surface area contributed by atoms with Gasteiger partial charge in [0, 0.05) is 6.07 Å². The van der Waals surface area contributed by atoms with E-state index in [2.05, 4.69) is 0 Å². The van der Waals surface area contributed by atoms with Crippen LogP contribution in [0.25, 0.3) is 6.08 Å². The van der Waals surface area contributed by atoms with Crippen LogP contribution in [-0.2, 0) is 18.4 Å². The van der Waals surface area contributed by atoms with Gasteiger partial charge in [-0.25, -0.2) is 0 Å². The van der Waals surface area contributed by atoms with Crippen molar-refractivity contribution in [2.75, 3.05) is 13.2 Å². The molecule has 0 bridgehead atoms. The first-order valence-electron chi connectivity index (χ1n) is 6.30. The Balaban J connectivity index is 2.51. The van der Waals surface area contributed by atoms with Crippen LogP contribution in [0.3, 0.4) is 0 Å². The lowest BCUT2D eigenvalue weighted by Gasteiger charge is -2.23. The molecule has 1 fully saturated rings. The van der Waals surface area contributed by atoms with Crippen molar-refractivity contribution in [1.29, 1.82) is 0 Å². The van der Waals surface area contributed by atoms with Gasteiger partial charge in [0.15, 0.2) is 5.78 Å². The number of carbonyl (C=O) groups is 1. The molecule has 0 radical (unpaired) electrons. The summed E-state index contributed by atoms with van der Waals surface area (Å²) in [7, 11) is -3.71. The van der Waals surface area contributed by atoms with Crippen LogP contribution in [0.5, 0.6) is 0 Å². The number of para-hydroxylation sites is 1. The van der Waals surface area contributed by atoms with Crippen LogP contribution in [0.1, 0.15) is 18.9 Å². The number of nitrogens with zero attached hydrogens (tertiary/aromatic N) is 1. The minimum absolute atomic E-state index is 0.170. The van der Waals surface area contributed by atoms with Crippen molar-refractivity contribution in [1.82, 2.24) is 0 Å². The quantitative estimate of drug-likeness (QED) is 0.367. The predicted octanol–water partition coefficient (Wildman–Crippen LogP) is 3.15. The summed E-state index contributed by atoms with van der Waals surface area (Å²) in [5, 5.41) is 10.8. The highest BCUT2D eigenvalue weighted by Gasteiger charge is 2.36. The van der Waals surface area contributed by atoms with Crippen LogP contribution in [0, 0.1) is 10.1 Å². The number of allylic oxidation sites excluding steroid dienone is 1. The highest BCUT2D eigenvalue weighted by atomic mass is 31.2. The number of benzene rings is 1. The Hall–Kier alpha value is -1.82. The number of hydrogen-bond donors (Lipinski definition) is 0. The maximum absolute atomic E-state index is 12.6. The summed E-state index contributed by atoms with van der Waals surface area (Å²) >= 11 is 0. The number of carbonyl (C=O) groups excluding carboxylic acids is 1. The molecule has 0 N–H and O–H groups in total. The van der Waals surface area contributed by atoms with Crippen molar-refractivity contribution in [3.8, 4) is 0 Å². The Kier molecular flexibility index (Phi) is 4.67. The average Bonchev–Trinajstić information content (AvgIpc) is 2.45. The third kappa shape index (κ3) is 3.44. The highest BCUT2D eigenvalue weighted by molar-refractivity contribution is 7.60. The molecule has 0 aliphatic carbocycles. The van der Waals surface area contributed by atoms with Gasteiger partial charge in [-0.3, -0.25) is 19.5 Å². The standard InChI is InChI=1S/C13H14NO6P/c1-10(15)13(21(18)19-7-4-8-20-21)9-11-5-2-3-6-12(11)14(16)17/h2-3,5-6,9H,4,7-8H2,1H3/b13-9-. The first kappa shape index (κ1) is 15.6. The summed E-state index contributed by atoms with van der Waals surface area (Å²) in [6.07, 6.45) is 1.80. The summed E-state index contributed by atoms with van der Waals surface area (Å²) < 4.78 is 22.8.